The van der Waals surface area contributed by atoms with Gasteiger partial charge in [-0.05, 0) is 108 Å². The van der Waals surface area contributed by atoms with Crippen LogP contribution in [0.15, 0.2) is 70.9 Å². The van der Waals surface area contributed by atoms with E-state index in [1.54, 1.807) is 27.9 Å². The minimum absolute atomic E-state index is 0.257. The van der Waals surface area contributed by atoms with Gasteiger partial charge >= 0.3 is 0 Å². The molecule has 1 aromatic carbocycles. The van der Waals surface area contributed by atoms with Crippen LogP contribution < -0.4 is 10.4 Å². The summed E-state index contributed by atoms with van der Waals surface area (Å²) in [7, 11) is 0. The van der Waals surface area contributed by atoms with Gasteiger partial charge in [0.15, 0.2) is 0 Å². The largest absolute Gasteiger partial charge is 0.0839 e. The maximum absolute atomic E-state index is 2.54. The molecule has 1 unspecified atom stereocenters. The van der Waals surface area contributed by atoms with Gasteiger partial charge in [-0.25, -0.2) is 0 Å². The van der Waals surface area contributed by atoms with Crippen molar-refractivity contribution in [1.29, 1.82) is 0 Å². The first-order chi connectivity index (χ1) is 12.6. The lowest BCUT2D eigenvalue weighted by Gasteiger charge is -2.33. The number of hydrogen-bond acceptors (Lipinski definition) is 0. The quantitative estimate of drug-likeness (QED) is 0.478. The summed E-state index contributed by atoms with van der Waals surface area (Å²) in [5, 5.41) is 2.93. The molecule has 0 fully saturated rings. The maximum atomic E-state index is 2.54. The molecule has 0 heterocycles. The Morgan fingerprint density at radius 1 is 0.962 bits per heavy atom. The van der Waals surface area contributed by atoms with Gasteiger partial charge in [-0.3, -0.25) is 0 Å². The third kappa shape index (κ3) is 2.39. The van der Waals surface area contributed by atoms with Crippen molar-refractivity contribution in [3.05, 3.63) is 81.3 Å². The van der Waals surface area contributed by atoms with Crippen molar-refractivity contribution in [3.8, 4) is 0 Å². The SMILES string of the molecule is CC1(C)C2=C(CCC=C2)C2=CC=C(C3=c4ccccc4=C(I)CC3)CC21. The molecule has 0 N–H and O–H groups in total. The Labute approximate surface area is 169 Å². The highest BCUT2D eigenvalue weighted by molar-refractivity contribution is 14.1. The summed E-state index contributed by atoms with van der Waals surface area (Å²) >= 11 is 2.54. The van der Waals surface area contributed by atoms with Gasteiger partial charge in [-0.2, -0.15) is 0 Å². The Hall–Kier alpha value is -1.35. The number of halogens is 1. The van der Waals surface area contributed by atoms with Crippen LogP contribution in [0.25, 0.3) is 9.15 Å². The number of rotatable bonds is 1. The molecule has 0 amide bonds. The van der Waals surface area contributed by atoms with Crippen LogP contribution in [0.5, 0.6) is 0 Å². The van der Waals surface area contributed by atoms with Gasteiger partial charge < -0.3 is 0 Å². The summed E-state index contributed by atoms with van der Waals surface area (Å²) in [5.74, 6) is 0.639. The van der Waals surface area contributed by atoms with Crippen LogP contribution in [0.2, 0.25) is 0 Å². The lowest BCUT2D eigenvalue weighted by atomic mass is 9.70. The van der Waals surface area contributed by atoms with Crippen molar-refractivity contribution in [2.45, 2.75) is 46.0 Å². The van der Waals surface area contributed by atoms with E-state index in [4.69, 9.17) is 0 Å². The molecule has 0 radical (unpaired) electrons. The Morgan fingerprint density at radius 2 is 1.77 bits per heavy atom. The molecule has 0 spiro atoms. The molecule has 0 aromatic heterocycles. The molecule has 0 aliphatic heterocycles. The van der Waals surface area contributed by atoms with Gasteiger partial charge in [-0.1, -0.05) is 62.4 Å². The van der Waals surface area contributed by atoms with E-state index < -0.39 is 0 Å². The lowest BCUT2D eigenvalue weighted by molar-refractivity contribution is 0.333. The van der Waals surface area contributed by atoms with Crippen LogP contribution in [0, 0.1) is 11.3 Å². The van der Waals surface area contributed by atoms with E-state index in [9.17, 15) is 0 Å². The van der Waals surface area contributed by atoms with Crippen LogP contribution >= 0.6 is 22.6 Å². The van der Waals surface area contributed by atoms with Crippen molar-refractivity contribution in [2.24, 2.45) is 11.3 Å². The summed E-state index contributed by atoms with van der Waals surface area (Å²) < 4.78 is 1.51. The van der Waals surface area contributed by atoms with E-state index in [1.165, 1.54) is 46.1 Å². The van der Waals surface area contributed by atoms with Crippen LogP contribution in [-0.4, -0.2) is 0 Å². The fourth-order valence-electron chi connectivity index (χ4n) is 5.46. The number of fused-ring (bicyclic) bond motifs is 3. The molecular weight excluding hydrogens is 427 g/mol. The van der Waals surface area contributed by atoms with Gasteiger partial charge in [0.1, 0.15) is 0 Å². The molecule has 5 rings (SSSR count). The molecule has 0 saturated heterocycles. The number of hydrogen-bond donors (Lipinski definition) is 0. The first-order valence-electron chi connectivity index (χ1n) is 9.86. The highest BCUT2D eigenvalue weighted by atomic mass is 127. The third-order valence-electron chi connectivity index (χ3n) is 6.87. The Kier molecular flexibility index (Phi) is 3.93. The van der Waals surface area contributed by atoms with Gasteiger partial charge in [0.25, 0.3) is 0 Å². The first-order valence-corrected chi connectivity index (χ1v) is 10.9. The average Bonchev–Trinajstić information content (AvgIpc) is 2.90. The highest BCUT2D eigenvalue weighted by Crippen LogP contribution is 2.57. The normalized spacial score (nSPS) is 26.2. The third-order valence-corrected chi connectivity index (χ3v) is 7.99. The van der Waals surface area contributed by atoms with Gasteiger partial charge in [0, 0.05) is 0 Å². The van der Waals surface area contributed by atoms with E-state index in [-0.39, 0.29) is 5.41 Å². The zero-order valence-corrected chi connectivity index (χ0v) is 17.8. The number of allylic oxidation sites excluding steroid dienone is 8. The molecule has 1 aromatic rings. The van der Waals surface area contributed by atoms with Crippen molar-refractivity contribution in [1.82, 2.24) is 0 Å². The topological polar surface area (TPSA) is 0 Å². The minimum Gasteiger partial charge on any atom is -0.0839 e. The minimum atomic E-state index is 0.257. The molecule has 0 bridgehead atoms. The molecule has 26 heavy (non-hydrogen) atoms. The highest BCUT2D eigenvalue weighted by Gasteiger charge is 2.45. The van der Waals surface area contributed by atoms with Crippen LogP contribution in [0.1, 0.15) is 46.0 Å². The Morgan fingerprint density at radius 3 is 2.62 bits per heavy atom. The van der Waals surface area contributed by atoms with Gasteiger partial charge in [0.2, 0.25) is 0 Å². The second kappa shape index (κ2) is 6.09. The average molecular weight is 452 g/mol. The zero-order chi connectivity index (χ0) is 17.9. The molecule has 4 aliphatic carbocycles. The fraction of sp³-hybridized carbons (Fsp3) is 0.360. The smallest absolute Gasteiger partial charge is 0.00123 e. The first kappa shape index (κ1) is 16.8. The van der Waals surface area contributed by atoms with Crippen LogP contribution in [0.3, 0.4) is 0 Å². The van der Waals surface area contributed by atoms with Crippen LogP contribution in [-0.2, 0) is 0 Å². The fourth-order valence-corrected chi connectivity index (χ4v) is 6.20. The Balaban J connectivity index is 1.66. The van der Waals surface area contributed by atoms with Crippen molar-refractivity contribution >= 4 is 31.7 Å². The molecular formula is C25H25I. The maximum Gasteiger partial charge on any atom is -0.00123 e. The number of benzene rings is 1. The second-order valence-electron chi connectivity index (χ2n) is 8.55. The predicted octanol–water partition coefficient (Wildman–Crippen LogP) is 5.73. The van der Waals surface area contributed by atoms with E-state index in [2.05, 4.69) is 85.0 Å². The standard InChI is InChI=1S/C25H25I/c1-25(2)22-10-6-5-8-19(22)20-12-11-16(15-23(20)25)17-13-14-24(26)21-9-4-3-7-18(17)21/h3-4,6-7,9-12,23H,5,8,13-15H2,1-2H3. The molecule has 0 nitrogen and oxygen atoms in total. The van der Waals surface area contributed by atoms with E-state index in [0.29, 0.717) is 5.92 Å². The van der Waals surface area contributed by atoms with Crippen molar-refractivity contribution in [2.75, 3.05) is 0 Å². The molecule has 1 heteroatoms. The monoisotopic (exact) mass is 452 g/mol. The van der Waals surface area contributed by atoms with Crippen molar-refractivity contribution < 1.29 is 0 Å². The molecule has 1 atom stereocenters. The summed E-state index contributed by atoms with van der Waals surface area (Å²) in [4.78, 5) is 0. The van der Waals surface area contributed by atoms with Gasteiger partial charge in [-0.15, -0.1) is 0 Å². The van der Waals surface area contributed by atoms with E-state index in [0.717, 1.165) is 0 Å². The Bertz CT molecular complexity index is 1040. The lowest BCUT2D eigenvalue weighted by Crippen LogP contribution is -2.32. The summed E-state index contributed by atoms with van der Waals surface area (Å²) in [6.07, 6.45) is 15.7. The zero-order valence-electron chi connectivity index (χ0n) is 15.6. The predicted molar refractivity (Wildman–Crippen MR) is 119 cm³/mol. The van der Waals surface area contributed by atoms with Gasteiger partial charge in [0.05, 0.1) is 0 Å². The molecule has 132 valence electrons. The van der Waals surface area contributed by atoms with E-state index in [1.807, 2.05) is 0 Å². The summed E-state index contributed by atoms with van der Waals surface area (Å²) in [6.45, 7) is 4.92. The molecule has 0 saturated carbocycles. The van der Waals surface area contributed by atoms with E-state index >= 15 is 0 Å². The molecule has 4 aliphatic rings. The van der Waals surface area contributed by atoms with Crippen molar-refractivity contribution in [3.63, 3.8) is 0 Å². The summed E-state index contributed by atoms with van der Waals surface area (Å²) in [5.41, 5.74) is 8.30. The second-order valence-corrected chi connectivity index (χ2v) is 9.86. The van der Waals surface area contributed by atoms with Crippen LogP contribution in [0.4, 0.5) is 0 Å². The summed E-state index contributed by atoms with van der Waals surface area (Å²) in [6, 6.07) is 9.00.